The zero-order valence-corrected chi connectivity index (χ0v) is 12.2. The lowest BCUT2D eigenvalue weighted by Gasteiger charge is -2.32. The van der Waals surface area contributed by atoms with Crippen molar-refractivity contribution < 1.29 is 19.2 Å². The van der Waals surface area contributed by atoms with E-state index < -0.39 is 7.12 Å². The molecule has 1 saturated heterocycles. The summed E-state index contributed by atoms with van der Waals surface area (Å²) in [7, 11) is -0.440. The SMILES string of the molecule is CCOc1cc(B2OC(C)(C)C(C)(C)O2)ccc1O. The molecule has 0 spiro atoms. The van der Waals surface area contributed by atoms with Gasteiger partial charge in [-0.25, -0.2) is 0 Å². The minimum absolute atomic E-state index is 0.127. The van der Waals surface area contributed by atoms with Gasteiger partial charge in [0.05, 0.1) is 17.8 Å². The van der Waals surface area contributed by atoms with E-state index in [-0.39, 0.29) is 17.0 Å². The first kappa shape index (κ1) is 14.2. The highest BCUT2D eigenvalue weighted by Gasteiger charge is 2.51. The third-order valence-electron chi connectivity index (χ3n) is 3.81. The fraction of sp³-hybridized carbons (Fsp3) is 0.571. The van der Waals surface area contributed by atoms with E-state index in [4.69, 9.17) is 14.0 Å². The molecule has 1 N–H and O–H groups in total. The second-order valence-corrected chi connectivity index (χ2v) is 5.75. The second-order valence-electron chi connectivity index (χ2n) is 5.75. The van der Waals surface area contributed by atoms with Crippen molar-refractivity contribution in [3.63, 3.8) is 0 Å². The van der Waals surface area contributed by atoms with Crippen molar-refractivity contribution in [2.24, 2.45) is 0 Å². The van der Waals surface area contributed by atoms with Gasteiger partial charge >= 0.3 is 7.12 Å². The molecule has 104 valence electrons. The molecule has 0 amide bonds. The highest BCUT2D eigenvalue weighted by atomic mass is 16.7. The second kappa shape index (κ2) is 4.73. The summed E-state index contributed by atoms with van der Waals surface area (Å²) in [6, 6.07) is 5.16. The first-order valence-corrected chi connectivity index (χ1v) is 6.58. The summed E-state index contributed by atoms with van der Waals surface area (Å²) >= 11 is 0. The summed E-state index contributed by atoms with van der Waals surface area (Å²) in [6.45, 7) is 10.4. The molecule has 0 radical (unpaired) electrons. The molecule has 1 heterocycles. The van der Waals surface area contributed by atoms with E-state index in [9.17, 15) is 5.11 Å². The molecule has 5 heteroatoms. The lowest BCUT2D eigenvalue weighted by Crippen LogP contribution is -2.41. The van der Waals surface area contributed by atoms with Crippen molar-refractivity contribution >= 4 is 12.6 Å². The molecule has 1 aromatic rings. The van der Waals surface area contributed by atoms with Crippen molar-refractivity contribution in [1.82, 2.24) is 0 Å². The Hall–Kier alpha value is -1.20. The zero-order valence-electron chi connectivity index (χ0n) is 12.2. The van der Waals surface area contributed by atoms with Gasteiger partial charge in [0, 0.05) is 0 Å². The summed E-state index contributed by atoms with van der Waals surface area (Å²) in [6.07, 6.45) is 0. The number of hydrogen-bond acceptors (Lipinski definition) is 4. The molecule has 1 aliphatic rings. The molecule has 0 unspecified atom stereocenters. The number of rotatable bonds is 3. The Bertz CT molecular complexity index is 455. The van der Waals surface area contributed by atoms with Crippen LogP contribution in [-0.2, 0) is 9.31 Å². The summed E-state index contributed by atoms with van der Waals surface area (Å²) in [5.41, 5.74) is 0.0998. The zero-order chi connectivity index (χ0) is 14.3. The average molecular weight is 264 g/mol. The van der Waals surface area contributed by atoms with Gasteiger partial charge in [-0.05, 0) is 52.2 Å². The molecule has 0 bridgehead atoms. The summed E-state index contributed by atoms with van der Waals surface area (Å²) in [5, 5.41) is 9.71. The molecular weight excluding hydrogens is 243 g/mol. The van der Waals surface area contributed by atoms with Crippen LogP contribution in [0.5, 0.6) is 11.5 Å². The van der Waals surface area contributed by atoms with Gasteiger partial charge in [0.15, 0.2) is 11.5 Å². The number of phenolic OH excluding ortho intramolecular Hbond substituents is 1. The highest BCUT2D eigenvalue weighted by Crippen LogP contribution is 2.37. The third-order valence-corrected chi connectivity index (χ3v) is 3.81. The van der Waals surface area contributed by atoms with E-state index >= 15 is 0 Å². The Morgan fingerprint density at radius 3 is 2.26 bits per heavy atom. The van der Waals surface area contributed by atoms with E-state index in [1.165, 1.54) is 0 Å². The van der Waals surface area contributed by atoms with Crippen LogP contribution in [0.15, 0.2) is 18.2 Å². The van der Waals surface area contributed by atoms with Crippen molar-refractivity contribution in [3.05, 3.63) is 18.2 Å². The molecule has 0 aliphatic carbocycles. The van der Waals surface area contributed by atoms with Gasteiger partial charge in [-0.15, -0.1) is 0 Å². The molecule has 1 fully saturated rings. The Balaban J connectivity index is 2.27. The largest absolute Gasteiger partial charge is 0.504 e. The van der Waals surface area contributed by atoms with Gasteiger partial charge in [-0.2, -0.15) is 0 Å². The lowest BCUT2D eigenvalue weighted by molar-refractivity contribution is 0.00578. The first-order chi connectivity index (χ1) is 8.77. The topological polar surface area (TPSA) is 47.9 Å². The molecule has 0 atom stereocenters. The standard InChI is InChI=1S/C14H21BO4/c1-6-17-12-9-10(7-8-11(12)16)15-18-13(2,3)14(4,5)19-15/h7-9,16H,6H2,1-5H3. The van der Waals surface area contributed by atoms with E-state index in [0.717, 1.165) is 5.46 Å². The van der Waals surface area contributed by atoms with Crippen LogP contribution >= 0.6 is 0 Å². The van der Waals surface area contributed by atoms with Gasteiger partial charge in [0.1, 0.15) is 0 Å². The maximum Gasteiger partial charge on any atom is 0.494 e. The van der Waals surface area contributed by atoms with Crippen LogP contribution in [0, 0.1) is 0 Å². The molecule has 1 aromatic carbocycles. The van der Waals surface area contributed by atoms with Crippen molar-refractivity contribution in [1.29, 1.82) is 0 Å². The van der Waals surface area contributed by atoms with Crippen LogP contribution in [0.1, 0.15) is 34.6 Å². The summed E-state index contributed by atoms with van der Waals surface area (Å²) in [5.74, 6) is 0.580. The maximum absolute atomic E-state index is 9.71. The quantitative estimate of drug-likeness (QED) is 0.849. The number of phenols is 1. The van der Waals surface area contributed by atoms with Crippen LogP contribution in [0.2, 0.25) is 0 Å². The summed E-state index contributed by atoms with van der Waals surface area (Å²) in [4.78, 5) is 0. The van der Waals surface area contributed by atoms with Crippen LogP contribution in [0.25, 0.3) is 0 Å². The number of hydrogen-bond donors (Lipinski definition) is 1. The minimum atomic E-state index is -0.440. The number of ether oxygens (including phenoxy) is 1. The molecule has 2 rings (SSSR count). The summed E-state index contributed by atoms with van der Waals surface area (Å²) < 4.78 is 17.3. The van der Waals surface area contributed by atoms with Gasteiger partial charge in [0.2, 0.25) is 0 Å². The monoisotopic (exact) mass is 264 g/mol. The van der Waals surface area contributed by atoms with Crippen LogP contribution in [0.4, 0.5) is 0 Å². The van der Waals surface area contributed by atoms with Crippen molar-refractivity contribution in [2.75, 3.05) is 6.61 Å². The Morgan fingerprint density at radius 1 is 1.16 bits per heavy atom. The molecule has 1 aliphatic heterocycles. The maximum atomic E-state index is 9.71. The van der Waals surface area contributed by atoms with E-state index in [2.05, 4.69) is 0 Å². The fourth-order valence-electron chi connectivity index (χ4n) is 1.93. The molecule has 19 heavy (non-hydrogen) atoms. The van der Waals surface area contributed by atoms with E-state index in [1.54, 1.807) is 18.2 Å². The lowest BCUT2D eigenvalue weighted by atomic mass is 9.79. The van der Waals surface area contributed by atoms with Crippen LogP contribution in [-0.4, -0.2) is 30.0 Å². The number of aromatic hydroxyl groups is 1. The fourth-order valence-corrected chi connectivity index (χ4v) is 1.93. The van der Waals surface area contributed by atoms with Gasteiger partial charge in [-0.3, -0.25) is 0 Å². The Kier molecular flexibility index (Phi) is 3.54. The smallest absolute Gasteiger partial charge is 0.494 e. The number of benzene rings is 1. The highest BCUT2D eigenvalue weighted by molar-refractivity contribution is 6.62. The minimum Gasteiger partial charge on any atom is -0.504 e. The molecule has 0 aromatic heterocycles. The van der Waals surface area contributed by atoms with Gasteiger partial charge < -0.3 is 19.2 Å². The van der Waals surface area contributed by atoms with Crippen LogP contribution in [0.3, 0.4) is 0 Å². The molecule has 4 nitrogen and oxygen atoms in total. The molecule has 0 saturated carbocycles. The van der Waals surface area contributed by atoms with Gasteiger partial charge in [-0.1, -0.05) is 6.07 Å². The first-order valence-electron chi connectivity index (χ1n) is 6.58. The van der Waals surface area contributed by atoms with Crippen molar-refractivity contribution in [3.8, 4) is 11.5 Å². The van der Waals surface area contributed by atoms with Gasteiger partial charge in [0.25, 0.3) is 0 Å². The Labute approximate surface area is 114 Å². The van der Waals surface area contributed by atoms with Crippen LogP contribution < -0.4 is 10.2 Å². The average Bonchev–Trinajstić information content (AvgIpc) is 2.51. The van der Waals surface area contributed by atoms with E-state index in [1.807, 2.05) is 34.6 Å². The predicted octanol–water partition coefficient (Wildman–Crippen LogP) is 2.09. The normalized spacial score (nSPS) is 20.6. The Morgan fingerprint density at radius 2 is 1.74 bits per heavy atom. The third kappa shape index (κ3) is 2.58. The predicted molar refractivity (Wildman–Crippen MR) is 75.0 cm³/mol. The van der Waals surface area contributed by atoms with E-state index in [0.29, 0.717) is 12.4 Å². The molecular formula is C14H21BO4. The van der Waals surface area contributed by atoms with Crippen molar-refractivity contribution in [2.45, 2.75) is 45.8 Å².